The summed E-state index contributed by atoms with van der Waals surface area (Å²) in [7, 11) is 1.72. The summed E-state index contributed by atoms with van der Waals surface area (Å²) < 4.78 is 5.45. The van der Waals surface area contributed by atoms with E-state index in [0.717, 1.165) is 25.4 Å². The Morgan fingerprint density at radius 2 is 1.85 bits per heavy atom. The number of likely N-dealkylation sites (N-methyl/N-ethyl adjacent to an activating group) is 1. The van der Waals surface area contributed by atoms with Crippen LogP contribution in [0.25, 0.3) is 10.8 Å². The summed E-state index contributed by atoms with van der Waals surface area (Å²) in [5, 5.41) is 2.45. The first-order chi connectivity index (χ1) is 9.65. The first-order valence-corrected chi connectivity index (χ1v) is 7.07. The van der Waals surface area contributed by atoms with Crippen molar-refractivity contribution in [2.75, 3.05) is 20.2 Å². The molecule has 0 atom stereocenters. The van der Waals surface area contributed by atoms with Gasteiger partial charge in [-0.1, -0.05) is 49.4 Å². The quantitative estimate of drug-likeness (QED) is 0.727. The van der Waals surface area contributed by atoms with E-state index in [4.69, 9.17) is 4.74 Å². The fourth-order valence-corrected chi connectivity index (χ4v) is 2.55. The normalized spacial score (nSPS) is 11.0. The summed E-state index contributed by atoms with van der Waals surface area (Å²) in [6, 6.07) is 12.7. The van der Waals surface area contributed by atoms with Crippen LogP contribution >= 0.6 is 0 Å². The molecule has 2 rings (SSSR count). The Labute approximate surface area is 121 Å². The maximum Gasteiger partial charge on any atom is 0.126 e. The fourth-order valence-electron chi connectivity index (χ4n) is 2.55. The van der Waals surface area contributed by atoms with Gasteiger partial charge >= 0.3 is 0 Å². The smallest absolute Gasteiger partial charge is 0.126 e. The van der Waals surface area contributed by atoms with E-state index in [9.17, 15) is 0 Å². The Kier molecular flexibility index (Phi) is 4.80. The summed E-state index contributed by atoms with van der Waals surface area (Å²) in [6.45, 7) is 11.2. The number of rotatable bonds is 6. The molecule has 0 aliphatic heterocycles. The molecule has 106 valence electrons. The van der Waals surface area contributed by atoms with Gasteiger partial charge in [-0.15, -0.1) is 0 Å². The van der Waals surface area contributed by atoms with Gasteiger partial charge in [0.05, 0.1) is 7.11 Å². The lowest BCUT2D eigenvalue weighted by Crippen LogP contribution is -2.24. The SMILES string of the molecule is C=C(C)CN(CC)Cc1ccc(OC)c2ccccc12. The third kappa shape index (κ3) is 3.20. The lowest BCUT2D eigenvalue weighted by Gasteiger charge is -2.22. The molecule has 0 spiro atoms. The zero-order valence-corrected chi connectivity index (χ0v) is 12.6. The van der Waals surface area contributed by atoms with Crippen molar-refractivity contribution in [2.24, 2.45) is 0 Å². The van der Waals surface area contributed by atoms with Crippen LogP contribution in [0.5, 0.6) is 5.75 Å². The molecular formula is C18H23NO. The van der Waals surface area contributed by atoms with Crippen molar-refractivity contribution in [3.05, 3.63) is 54.1 Å². The standard InChI is InChI=1S/C18H23NO/c1-5-19(12-14(2)3)13-15-10-11-18(20-4)17-9-7-6-8-16(15)17/h6-11H,2,5,12-13H2,1,3-4H3. The van der Waals surface area contributed by atoms with Crippen molar-refractivity contribution >= 4 is 10.8 Å². The summed E-state index contributed by atoms with van der Waals surface area (Å²) in [6.07, 6.45) is 0. The average Bonchev–Trinajstić information content (AvgIpc) is 2.46. The van der Waals surface area contributed by atoms with Gasteiger partial charge in [-0.05, 0) is 30.5 Å². The molecule has 2 nitrogen and oxygen atoms in total. The van der Waals surface area contributed by atoms with Crippen LogP contribution in [-0.4, -0.2) is 25.1 Å². The van der Waals surface area contributed by atoms with Crippen LogP contribution in [0.4, 0.5) is 0 Å². The minimum absolute atomic E-state index is 0.937. The molecular weight excluding hydrogens is 246 g/mol. The van der Waals surface area contributed by atoms with E-state index in [-0.39, 0.29) is 0 Å². The van der Waals surface area contributed by atoms with E-state index in [2.05, 4.69) is 61.7 Å². The molecule has 0 N–H and O–H groups in total. The van der Waals surface area contributed by atoms with Gasteiger partial charge in [0.1, 0.15) is 5.75 Å². The highest BCUT2D eigenvalue weighted by Gasteiger charge is 2.09. The molecule has 0 aliphatic rings. The molecule has 0 aliphatic carbocycles. The summed E-state index contributed by atoms with van der Waals surface area (Å²) in [5.41, 5.74) is 2.54. The second-order valence-corrected chi connectivity index (χ2v) is 5.23. The Morgan fingerprint density at radius 1 is 1.15 bits per heavy atom. The summed E-state index contributed by atoms with van der Waals surface area (Å²) in [4.78, 5) is 2.40. The largest absolute Gasteiger partial charge is 0.496 e. The van der Waals surface area contributed by atoms with E-state index in [0.29, 0.717) is 0 Å². The van der Waals surface area contributed by atoms with Crippen LogP contribution in [0.3, 0.4) is 0 Å². The van der Waals surface area contributed by atoms with Crippen molar-refractivity contribution in [1.29, 1.82) is 0 Å². The van der Waals surface area contributed by atoms with Gasteiger partial charge in [-0.25, -0.2) is 0 Å². The average molecular weight is 269 g/mol. The van der Waals surface area contributed by atoms with Crippen LogP contribution in [0.2, 0.25) is 0 Å². The minimum Gasteiger partial charge on any atom is -0.496 e. The number of hydrogen-bond donors (Lipinski definition) is 0. The van der Waals surface area contributed by atoms with Crippen LogP contribution in [-0.2, 0) is 6.54 Å². The topological polar surface area (TPSA) is 12.5 Å². The zero-order valence-electron chi connectivity index (χ0n) is 12.6. The van der Waals surface area contributed by atoms with Gasteiger partial charge in [0.2, 0.25) is 0 Å². The molecule has 0 aromatic heterocycles. The Bertz CT molecular complexity index is 603. The molecule has 0 saturated carbocycles. The van der Waals surface area contributed by atoms with Crippen molar-refractivity contribution in [1.82, 2.24) is 4.90 Å². The van der Waals surface area contributed by atoms with Crippen molar-refractivity contribution in [3.63, 3.8) is 0 Å². The van der Waals surface area contributed by atoms with Crippen LogP contribution in [0.1, 0.15) is 19.4 Å². The number of ether oxygens (including phenoxy) is 1. The third-order valence-electron chi connectivity index (χ3n) is 3.53. The van der Waals surface area contributed by atoms with E-state index in [1.165, 1.54) is 21.9 Å². The molecule has 0 unspecified atom stereocenters. The number of hydrogen-bond acceptors (Lipinski definition) is 2. The first-order valence-electron chi connectivity index (χ1n) is 7.07. The molecule has 0 bridgehead atoms. The second-order valence-electron chi connectivity index (χ2n) is 5.23. The van der Waals surface area contributed by atoms with Gasteiger partial charge in [0.25, 0.3) is 0 Å². The number of benzene rings is 2. The predicted octanol–water partition coefficient (Wildman–Crippen LogP) is 4.25. The number of methoxy groups -OCH3 is 1. The Hall–Kier alpha value is -1.80. The zero-order chi connectivity index (χ0) is 14.5. The maximum atomic E-state index is 5.45. The van der Waals surface area contributed by atoms with Crippen molar-refractivity contribution < 1.29 is 4.74 Å². The van der Waals surface area contributed by atoms with Crippen LogP contribution in [0.15, 0.2) is 48.6 Å². The number of fused-ring (bicyclic) bond motifs is 1. The molecule has 0 radical (unpaired) electrons. The first kappa shape index (κ1) is 14.6. The van der Waals surface area contributed by atoms with Gasteiger partial charge < -0.3 is 4.74 Å². The Morgan fingerprint density at radius 3 is 2.45 bits per heavy atom. The molecule has 2 aromatic carbocycles. The maximum absolute atomic E-state index is 5.45. The molecule has 2 heteroatoms. The monoisotopic (exact) mass is 269 g/mol. The fraction of sp³-hybridized carbons (Fsp3) is 0.333. The molecule has 0 saturated heterocycles. The molecule has 2 aromatic rings. The Balaban J connectivity index is 2.37. The highest BCUT2D eigenvalue weighted by Crippen LogP contribution is 2.29. The van der Waals surface area contributed by atoms with Crippen molar-refractivity contribution in [3.8, 4) is 5.75 Å². The van der Waals surface area contributed by atoms with E-state index in [1.54, 1.807) is 7.11 Å². The molecule has 0 heterocycles. The molecule has 0 amide bonds. The minimum atomic E-state index is 0.937. The van der Waals surface area contributed by atoms with Crippen LogP contribution in [0, 0.1) is 0 Å². The van der Waals surface area contributed by atoms with E-state index in [1.807, 2.05) is 0 Å². The second kappa shape index (κ2) is 6.58. The van der Waals surface area contributed by atoms with Gasteiger partial charge in [-0.3, -0.25) is 4.90 Å². The summed E-state index contributed by atoms with van der Waals surface area (Å²) >= 11 is 0. The van der Waals surface area contributed by atoms with Gasteiger partial charge in [0, 0.05) is 18.5 Å². The number of nitrogens with zero attached hydrogens (tertiary/aromatic N) is 1. The highest BCUT2D eigenvalue weighted by molar-refractivity contribution is 5.91. The van der Waals surface area contributed by atoms with E-state index < -0.39 is 0 Å². The van der Waals surface area contributed by atoms with Crippen molar-refractivity contribution in [2.45, 2.75) is 20.4 Å². The van der Waals surface area contributed by atoms with Crippen LogP contribution < -0.4 is 4.74 Å². The molecule has 20 heavy (non-hydrogen) atoms. The van der Waals surface area contributed by atoms with Gasteiger partial charge in [0.15, 0.2) is 0 Å². The van der Waals surface area contributed by atoms with E-state index >= 15 is 0 Å². The predicted molar refractivity (Wildman–Crippen MR) is 86.3 cm³/mol. The lowest BCUT2D eigenvalue weighted by atomic mass is 10.0. The summed E-state index contributed by atoms with van der Waals surface area (Å²) in [5.74, 6) is 0.937. The van der Waals surface area contributed by atoms with Gasteiger partial charge in [-0.2, -0.15) is 0 Å². The molecule has 0 fully saturated rings. The highest BCUT2D eigenvalue weighted by atomic mass is 16.5. The lowest BCUT2D eigenvalue weighted by molar-refractivity contribution is 0.305. The third-order valence-corrected chi connectivity index (χ3v) is 3.53.